The number of aromatic nitrogens is 1. The van der Waals surface area contributed by atoms with Crippen LogP contribution in [0.3, 0.4) is 0 Å². The van der Waals surface area contributed by atoms with Crippen LogP contribution in [0.2, 0.25) is 0 Å². The topological polar surface area (TPSA) is 166 Å². The van der Waals surface area contributed by atoms with E-state index < -0.39 is 47.9 Å². The molecule has 36 heavy (non-hydrogen) atoms. The van der Waals surface area contributed by atoms with Gasteiger partial charge in [-0.1, -0.05) is 18.2 Å². The molecule has 10 nitrogen and oxygen atoms in total. The summed E-state index contributed by atoms with van der Waals surface area (Å²) in [5, 5.41) is 18.1. The monoisotopic (exact) mass is 537 g/mol. The molecule has 2 rings (SSSR count). The smallest absolute Gasteiger partial charge is 0.326 e. The number of para-hydroxylation sites is 1. The number of nitrogens with two attached hydrogens (primary N) is 1. The number of carboxylic acid groups (broad SMARTS) is 1. The maximum absolute atomic E-state index is 12.9. The van der Waals surface area contributed by atoms with E-state index in [9.17, 15) is 24.3 Å². The molecule has 1 aromatic heterocycles. The third kappa shape index (κ3) is 8.75. The van der Waals surface area contributed by atoms with Crippen LogP contribution in [0.25, 0.3) is 10.9 Å². The fourth-order valence-electron chi connectivity index (χ4n) is 3.58. The van der Waals surface area contributed by atoms with E-state index >= 15 is 0 Å². The number of nitrogens with one attached hydrogen (secondary N) is 4. The van der Waals surface area contributed by atoms with Crippen molar-refractivity contribution in [2.75, 3.05) is 24.0 Å². The highest BCUT2D eigenvalue weighted by Gasteiger charge is 2.28. The van der Waals surface area contributed by atoms with Gasteiger partial charge in [0.1, 0.15) is 18.1 Å². The lowest BCUT2D eigenvalue weighted by atomic mass is 10.0. The van der Waals surface area contributed by atoms with Crippen molar-refractivity contribution in [3.63, 3.8) is 0 Å². The highest BCUT2D eigenvalue weighted by molar-refractivity contribution is 7.98. The summed E-state index contributed by atoms with van der Waals surface area (Å²) in [6.45, 7) is 1.47. The molecule has 12 heteroatoms. The van der Waals surface area contributed by atoms with Gasteiger partial charge in [0, 0.05) is 17.1 Å². The van der Waals surface area contributed by atoms with Gasteiger partial charge in [-0.05, 0) is 61.8 Å². The minimum atomic E-state index is -1.13. The molecular formula is C24H35N5O5S2. The van der Waals surface area contributed by atoms with Gasteiger partial charge in [0.15, 0.2) is 0 Å². The predicted octanol–water partition coefficient (Wildman–Crippen LogP) is 1.10. The van der Waals surface area contributed by atoms with Crippen LogP contribution in [0.5, 0.6) is 0 Å². The average Bonchev–Trinajstić information content (AvgIpc) is 3.26. The zero-order chi connectivity index (χ0) is 26.7. The number of thioether (sulfide) groups is 2. The molecule has 2 aromatic rings. The molecule has 0 bridgehead atoms. The first kappa shape index (κ1) is 29.5. The molecule has 198 valence electrons. The van der Waals surface area contributed by atoms with E-state index in [4.69, 9.17) is 5.73 Å². The van der Waals surface area contributed by atoms with Crippen LogP contribution in [0.1, 0.15) is 25.3 Å². The van der Waals surface area contributed by atoms with Gasteiger partial charge in [-0.25, -0.2) is 4.79 Å². The molecule has 4 atom stereocenters. The van der Waals surface area contributed by atoms with Gasteiger partial charge in [-0.2, -0.15) is 23.5 Å². The SMILES string of the molecule is CSCCC(NC(=O)C(C)NC(=O)C(CCSC)NC(=O)C(N)Cc1c[nH]c2ccccc12)C(=O)O. The van der Waals surface area contributed by atoms with E-state index in [0.29, 0.717) is 17.9 Å². The maximum atomic E-state index is 12.9. The lowest BCUT2D eigenvalue weighted by molar-refractivity contribution is -0.142. The van der Waals surface area contributed by atoms with Gasteiger partial charge in [-0.3, -0.25) is 14.4 Å². The zero-order valence-corrected chi connectivity index (χ0v) is 22.3. The van der Waals surface area contributed by atoms with Crippen molar-refractivity contribution in [2.45, 2.75) is 50.4 Å². The number of rotatable bonds is 15. The number of amides is 3. The molecule has 0 aliphatic rings. The summed E-state index contributed by atoms with van der Waals surface area (Å²) >= 11 is 2.99. The summed E-state index contributed by atoms with van der Waals surface area (Å²) in [7, 11) is 0. The van der Waals surface area contributed by atoms with E-state index in [1.807, 2.05) is 43.0 Å². The Hall–Kier alpha value is -2.70. The van der Waals surface area contributed by atoms with E-state index in [1.165, 1.54) is 30.4 Å². The molecule has 0 aliphatic carbocycles. The van der Waals surface area contributed by atoms with Crippen LogP contribution in [-0.2, 0) is 25.6 Å². The van der Waals surface area contributed by atoms with Crippen molar-refractivity contribution in [3.05, 3.63) is 36.0 Å². The number of H-pyrrole nitrogens is 1. The van der Waals surface area contributed by atoms with Crippen LogP contribution in [0.4, 0.5) is 0 Å². The van der Waals surface area contributed by atoms with Gasteiger partial charge < -0.3 is 31.8 Å². The van der Waals surface area contributed by atoms with Gasteiger partial charge in [0.05, 0.1) is 6.04 Å². The Balaban J connectivity index is 1.99. The molecule has 4 unspecified atom stereocenters. The molecule has 7 N–H and O–H groups in total. The van der Waals surface area contributed by atoms with Gasteiger partial charge in [-0.15, -0.1) is 0 Å². The van der Waals surface area contributed by atoms with Crippen molar-refractivity contribution in [1.29, 1.82) is 0 Å². The first-order chi connectivity index (χ1) is 17.2. The maximum Gasteiger partial charge on any atom is 0.326 e. The Bertz CT molecular complexity index is 1050. The van der Waals surface area contributed by atoms with E-state index in [2.05, 4.69) is 20.9 Å². The molecule has 1 aromatic carbocycles. The van der Waals surface area contributed by atoms with Crippen LogP contribution in [-0.4, -0.2) is 82.0 Å². The summed E-state index contributed by atoms with van der Waals surface area (Å²) in [4.78, 5) is 52.8. The summed E-state index contributed by atoms with van der Waals surface area (Å²) in [5.74, 6) is -1.57. The number of benzene rings is 1. The molecule has 3 amide bonds. The summed E-state index contributed by atoms with van der Waals surface area (Å²) in [6, 6.07) is 3.92. The van der Waals surface area contributed by atoms with Gasteiger partial charge >= 0.3 is 5.97 Å². The molecule has 0 saturated carbocycles. The Morgan fingerprint density at radius 3 is 2.19 bits per heavy atom. The number of aromatic amines is 1. The Morgan fingerprint density at radius 2 is 1.56 bits per heavy atom. The largest absolute Gasteiger partial charge is 0.480 e. The van der Waals surface area contributed by atoms with Crippen LogP contribution >= 0.6 is 23.5 Å². The average molecular weight is 538 g/mol. The second-order valence-electron chi connectivity index (χ2n) is 8.42. The first-order valence-corrected chi connectivity index (χ1v) is 14.4. The predicted molar refractivity (Wildman–Crippen MR) is 145 cm³/mol. The number of hydrogen-bond acceptors (Lipinski definition) is 7. The van der Waals surface area contributed by atoms with E-state index in [1.54, 1.807) is 0 Å². The van der Waals surface area contributed by atoms with Crippen LogP contribution in [0.15, 0.2) is 30.5 Å². The number of carboxylic acids is 1. The van der Waals surface area contributed by atoms with Crippen molar-refractivity contribution < 1.29 is 24.3 Å². The normalized spacial score (nSPS) is 14.4. The molecule has 0 fully saturated rings. The molecule has 1 heterocycles. The summed E-state index contributed by atoms with van der Waals surface area (Å²) < 4.78 is 0. The number of aliphatic carboxylic acids is 1. The third-order valence-electron chi connectivity index (χ3n) is 5.67. The highest BCUT2D eigenvalue weighted by atomic mass is 32.2. The Morgan fingerprint density at radius 1 is 0.944 bits per heavy atom. The van der Waals surface area contributed by atoms with E-state index in [0.717, 1.165) is 16.5 Å². The first-order valence-electron chi connectivity index (χ1n) is 11.6. The minimum absolute atomic E-state index is 0.267. The quantitative estimate of drug-likeness (QED) is 0.196. The molecule has 0 saturated heterocycles. The van der Waals surface area contributed by atoms with Crippen molar-refractivity contribution in [3.8, 4) is 0 Å². The Kier molecular flexibility index (Phi) is 12.1. The highest BCUT2D eigenvalue weighted by Crippen LogP contribution is 2.18. The molecular weight excluding hydrogens is 502 g/mol. The number of fused-ring (bicyclic) bond motifs is 1. The van der Waals surface area contributed by atoms with Crippen molar-refractivity contribution in [1.82, 2.24) is 20.9 Å². The van der Waals surface area contributed by atoms with Crippen molar-refractivity contribution in [2.24, 2.45) is 5.73 Å². The van der Waals surface area contributed by atoms with Gasteiger partial charge in [0.25, 0.3) is 0 Å². The lowest BCUT2D eigenvalue weighted by Crippen LogP contribution is -2.56. The van der Waals surface area contributed by atoms with E-state index in [-0.39, 0.29) is 12.8 Å². The standard InChI is InChI=1S/C24H35N5O5S2/c1-14(21(30)29-20(24(33)34)9-11-36-3)27-23(32)19(8-10-35-2)28-22(31)17(25)12-15-13-26-18-7-5-4-6-16(15)18/h4-7,13-14,17,19-20,26H,8-12,25H2,1-3H3,(H,27,32)(H,28,31)(H,29,30)(H,33,34). The number of carbonyl (C=O) groups is 4. The van der Waals surface area contributed by atoms with Crippen molar-refractivity contribution >= 4 is 58.1 Å². The zero-order valence-electron chi connectivity index (χ0n) is 20.7. The second-order valence-corrected chi connectivity index (χ2v) is 10.4. The summed E-state index contributed by atoms with van der Waals surface area (Å²) in [5.41, 5.74) is 8.01. The number of carbonyl (C=O) groups excluding carboxylic acids is 3. The molecule has 0 spiro atoms. The minimum Gasteiger partial charge on any atom is -0.480 e. The number of hydrogen-bond donors (Lipinski definition) is 6. The second kappa shape index (κ2) is 14.8. The molecule has 0 radical (unpaired) electrons. The Labute approximate surface area is 219 Å². The molecule has 0 aliphatic heterocycles. The summed E-state index contributed by atoms with van der Waals surface area (Å²) in [6.07, 6.45) is 6.45. The third-order valence-corrected chi connectivity index (χ3v) is 6.96. The van der Waals surface area contributed by atoms with Crippen LogP contribution < -0.4 is 21.7 Å². The van der Waals surface area contributed by atoms with Gasteiger partial charge in [0.2, 0.25) is 17.7 Å². The fourth-order valence-corrected chi connectivity index (χ4v) is 4.53. The van der Waals surface area contributed by atoms with Crippen LogP contribution in [0, 0.1) is 0 Å². The lowest BCUT2D eigenvalue weighted by Gasteiger charge is -2.23. The fraction of sp³-hybridized carbons (Fsp3) is 0.500.